The first kappa shape index (κ1) is 16.2. The summed E-state index contributed by atoms with van der Waals surface area (Å²) in [6.45, 7) is 5.55. The van der Waals surface area contributed by atoms with Crippen LogP contribution in [0.3, 0.4) is 0 Å². The van der Waals surface area contributed by atoms with Crippen LogP contribution < -0.4 is 16.0 Å². The zero-order chi connectivity index (χ0) is 14.1. The fourth-order valence-corrected chi connectivity index (χ4v) is 1.05. The molecular weight excluding hydrogens is 238 g/mol. The molecule has 0 radical (unpaired) electrons. The molecule has 0 rings (SSSR count). The van der Waals surface area contributed by atoms with Crippen LogP contribution in [0.25, 0.3) is 0 Å². The summed E-state index contributed by atoms with van der Waals surface area (Å²) in [4.78, 5) is 33.3. The van der Waals surface area contributed by atoms with Gasteiger partial charge in [0.15, 0.2) is 0 Å². The Morgan fingerprint density at radius 1 is 1.17 bits per heavy atom. The number of carboxylic acid groups (broad SMARTS) is 1. The quantitative estimate of drug-likeness (QED) is 0.513. The molecule has 104 valence electrons. The summed E-state index contributed by atoms with van der Waals surface area (Å²) in [5.74, 6) is -1.91. The Morgan fingerprint density at radius 3 is 2.28 bits per heavy atom. The van der Waals surface area contributed by atoms with Crippen LogP contribution in [0.5, 0.6) is 0 Å². The number of rotatable bonds is 7. The average Bonchev–Trinajstić information content (AvgIpc) is 2.32. The number of nitrogens with one attached hydrogen (secondary N) is 3. The van der Waals surface area contributed by atoms with Crippen molar-refractivity contribution in [3.05, 3.63) is 0 Å². The van der Waals surface area contributed by atoms with E-state index in [1.807, 2.05) is 6.92 Å². The lowest BCUT2D eigenvalue weighted by Crippen LogP contribution is -2.49. The van der Waals surface area contributed by atoms with Gasteiger partial charge in [-0.25, -0.2) is 4.79 Å². The van der Waals surface area contributed by atoms with E-state index in [4.69, 9.17) is 5.11 Å². The summed E-state index contributed by atoms with van der Waals surface area (Å²) in [7, 11) is 0. The van der Waals surface area contributed by atoms with E-state index in [9.17, 15) is 14.4 Å². The number of carbonyl (C=O) groups is 3. The molecule has 18 heavy (non-hydrogen) atoms. The van der Waals surface area contributed by atoms with Crippen molar-refractivity contribution in [2.45, 2.75) is 33.2 Å². The molecule has 4 N–H and O–H groups in total. The molecule has 0 fully saturated rings. The van der Waals surface area contributed by atoms with Crippen molar-refractivity contribution < 1.29 is 19.5 Å². The Kier molecular flexibility index (Phi) is 7.50. The summed E-state index contributed by atoms with van der Waals surface area (Å²) >= 11 is 0. The molecule has 7 nitrogen and oxygen atoms in total. The summed E-state index contributed by atoms with van der Waals surface area (Å²) in [6.07, 6.45) is 0.820. The second-order valence-corrected chi connectivity index (χ2v) is 4.11. The van der Waals surface area contributed by atoms with Gasteiger partial charge in [-0.15, -0.1) is 0 Å². The highest BCUT2D eigenvalue weighted by Gasteiger charge is 2.16. The van der Waals surface area contributed by atoms with Crippen molar-refractivity contribution in [1.29, 1.82) is 0 Å². The molecule has 7 heteroatoms. The molecule has 0 aliphatic rings. The third-order valence-corrected chi connectivity index (χ3v) is 2.28. The lowest BCUT2D eigenvalue weighted by Gasteiger charge is -2.15. The molecule has 0 aromatic carbocycles. The second kappa shape index (κ2) is 8.32. The molecule has 3 amide bonds. The maximum atomic E-state index is 11.4. The SMILES string of the molecule is CCCNC(=O)C(C)NC(=O)NCC(C)C(=O)O. The van der Waals surface area contributed by atoms with Crippen LogP contribution in [-0.2, 0) is 9.59 Å². The van der Waals surface area contributed by atoms with Gasteiger partial charge in [0.05, 0.1) is 5.92 Å². The first-order valence-electron chi connectivity index (χ1n) is 5.93. The zero-order valence-corrected chi connectivity index (χ0v) is 10.9. The number of urea groups is 1. The highest BCUT2D eigenvalue weighted by molar-refractivity contribution is 5.86. The topological polar surface area (TPSA) is 108 Å². The van der Waals surface area contributed by atoms with Crippen molar-refractivity contribution in [2.75, 3.05) is 13.1 Å². The van der Waals surface area contributed by atoms with Gasteiger partial charge >= 0.3 is 12.0 Å². The highest BCUT2D eigenvalue weighted by Crippen LogP contribution is 1.91. The molecule has 2 atom stereocenters. The Morgan fingerprint density at radius 2 is 1.78 bits per heavy atom. The van der Waals surface area contributed by atoms with Crippen LogP contribution in [0.1, 0.15) is 27.2 Å². The normalized spacial score (nSPS) is 13.3. The Labute approximate surface area is 106 Å². The monoisotopic (exact) mass is 259 g/mol. The predicted molar refractivity (Wildman–Crippen MR) is 66.1 cm³/mol. The molecule has 0 aromatic heterocycles. The van der Waals surface area contributed by atoms with E-state index < -0.39 is 24.0 Å². The van der Waals surface area contributed by atoms with Crippen molar-refractivity contribution in [1.82, 2.24) is 16.0 Å². The molecular formula is C11H21N3O4. The Balaban J connectivity index is 3.93. The average molecular weight is 259 g/mol. The van der Waals surface area contributed by atoms with E-state index in [2.05, 4.69) is 16.0 Å². The Bertz CT molecular complexity index is 307. The summed E-state index contributed by atoms with van der Waals surface area (Å²) < 4.78 is 0. The fourth-order valence-electron chi connectivity index (χ4n) is 1.05. The van der Waals surface area contributed by atoms with Crippen LogP contribution >= 0.6 is 0 Å². The second-order valence-electron chi connectivity index (χ2n) is 4.11. The van der Waals surface area contributed by atoms with Crippen LogP contribution in [0, 0.1) is 5.92 Å². The number of carboxylic acids is 1. The molecule has 0 aliphatic heterocycles. The minimum atomic E-state index is -0.982. The molecule has 0 aromatic rings. The highest BCUT2D eigenvalue weighted by atomic mass is 16.4. The lowest BCUT2D eigenvalue weighted by molar-refractivity contribution is -0.140. The molecule has 2 unspecified atom stereocenters. The third-order valence-electron chi connectivity index (χ3n) is 2.28. The van der Waals surface area contributed by atoms with Crippen molar-refractivity contribution >= 4 is 17.9 Å². The smallest absolute Gasteiger partial charge is 0.315 e. The fraction of sp³-hybridized carbons (Fsp3) is 0.727. The maximum Gasteiger partial charge on any atom is 0.315 e. The number of amides is 3. The number of hydrogen-bond acceptors (Lipinski definition) is 3. The zero-order valence-electron chi connectivity index (χ0n) is 10.9. The van der Waals surface area contributed by atoms with Gasteiger partial charge in [0.1, 0.15) is 6.04 Å². The van der Waals surface area contributed by atoms with E-state index in [0.717, 1.165) is 6.42 Å². The first-order chi connectivity index (χ1) is 8.38. The molecule has 0 bridgehead atoms. The molecule has 0 saturated heterocycles. The van der Waals surface area contributed by atoms with E-state index in [0.29, 0.717) is 6.54 Å². The van der Waals surface area contributed by atoms with E-state index in [1.54, 1.807) is 6.92 Å². The van der Waals surface area contributed by atoms with Crippen molar-refractivity contribution in [3.63, 3.8) is 0 Å². The van der Waals surface area contributed by atoms with Gasteiger partial charge in [-0.1, -0.05) is 13.8 Å². The minimum Gasteiger partial charge on any atom is -0.481 e. The van der Waals surface area contributed by atoms with E-state index in [-0.39, 0.29) is 12.5 Å². The first-order valence-corrected chi connectivity index (χ1v) is 5.93. The summed E-state index contributed by atoms with van der Waals surface area (Å²) in [6, 6.07) is -1.21. The largest absolute Gasteiger partial charge is 0.481 e. The predicted octanol–water partition coefficient (Wildman–Crippen LogP) is -0.0790. The number of carbonyl (C=O) groups excluding carboxylic acids is 2. The van der Waals surface area contributed by atoms with Gasteiger partial charge in [-0.05, 0) is 13.3 Å². The molecule has 0 heterocycles. The van der Waals surface area contributed by atoms with Gasteiger partial charge in [-0.2, -0.15) is 0 Å². The minimum absolute atomic E-state index is 0.0183. The van der Waals surface area contributed by atoms with Crippen LogP contribution in [-0.4, -0.2) is 42.1 Å². The summed E-state index contributed by atoms with van der Waals surface area (Å²) in [5.41, 5.74) is 0. The van der Waals surface area contributed by atoms with Crippen LogP contribution in [0.15, 0.2) is 0 Å². The maximum absolute atomic E-state index is 11.4. The van der Waals surface area contributed by atoms with Crippen molar-refractivity contribution in [3.8, 4) is 0 Å². The molecule has 0 aliphatic carbocycles. The Hall–Kier alpha value is -1.79. The van der Waals surface area contributed by atoms with E-state index in [1.165, 1.54) is 6.92 Å². The molecule has 0 spiro atoms. The number of aliphatic carboxylic acids is 1. The van der Waals surface area contributed by atoms with Crippen LogP contribution in [0.2, 0.25) is 0 Å². The van der Waals surface area contributed by atoms with Gasteiger partial charge in [0.25, 0.3) is 0 Å². The molecule has 0 saturated carbocycles. The lowest BCUT2D eigenvalue weighted by atomic mass is 10.2. The van der Waals surface area contributed by atoms with Gasteiger partial charge in [0, 0.05) is 13.1 Å². The van der Waals surface area contributed by atoms with Crippen LogP contribution in [0.4, 0.5) is 4.79 Å². The van der Waals surface area contributed by atoms with Crippen molar-refractivity contribution in [2.24, 2.45) is 5.92 Å². The van der Waals surface area contributed by atoms with Gasteiger partial charge < -0.3 is 21.1 Å². The van der Waals surface area contributed by atoms with Gasteiger partial charge in [-0.3, -0.25) is 9.59 Å². The van der Waals surface area contributed by atoms with E-state index >= 15 is 0 Å². The summed E-state index contributed by atoms with van der Waals surface area (Å²) in [5, 5.41) is 16.1. The standard InChI is InChI=1S/C11H21N3O4/c1-4-5-12-9(15)8(3)14-11(18)13-6-7(2)10(16)17/h7-8H,4-6H2,1-3H3,(H,12,15)(H,16,17)(H2,13,14,18). The third kappa shape index (κ3) is 6.72. The number of hydrogen-bond donors (Lipinski definition) is 4. The van der Waals surface area contributed by atoms with Gasteiger partial charge in [0.2, 0.25) is 5.91 Å².